The third-order valence-electron chi connectivity index (χ3n) is 3.44. The highest BCUT2D eigenvalue weighted by Crippen LogP contribution is 2.20. The predicted molar refractivity (Wildman–Crippen MR) is 73.2 cm³/mol. The molecule has 0 aromatic rings. The van der Waals surface area contributed by atoms with Crippen LogP contribution in [-0.2, 0) is 4.74 Å². The topological polar surface area (TPSA) is 21.3 Å². The molecule has 1 heterocycles. The summed E-state index contributed by atoms with van der Waals surface area (Å²) < 4.78 is 5.77. The Bertz CT molecular complexity index is 187. The van der Waals surface area contributed by atoms with Gasteiger partial charge in [0, 0.05) is 17.9 Å². The van der Waals surface area contributed by atoms with Crippen molar-refractivity contribution in [1.29, 1.82) is 0 Å². The Hall–Kier alpha value is 0.270. The summed E-state index contributed by atoms with van der Waals surface area (Å²) in [6.07, 6.45) is 6.28. The van der Waals surface area contributed by atoms with Crippen LogP contribution in [0.1, 0.15) is 40.0 Å². The number of ether oxygens (including phenoxy) is 1. The highest BCUT2D eigenvalue weighted by molar-refractivity contribution is 7.99. The van der Waals surface area contributed by atoms with Crippen molar-refractivity contribution in [1.82, 2.24) is 5.32 Å². The van der Waals surface area contributed by atoms with E-state index in [1.165, 1.54) is 19.3 Å². The normalized spacial score (nSPS) is 28.3. The van der Waals surface area contributed by atoms with Crippen molar-refractivity contribution in [2.75, 3.05) is 19.4 Å². The quantitative estimate of drug-likeness (QED) is 0.777. The van der Waals surface area contributed by atoms with E-state index < -0.39 is 0 Å². The smallest absolute Gasteiger partial charge is 0.0612 e. The molecule has 16 heavy (non-hydrogen) atoms. The van der Waals surface area contributed by atoms with E-state index in [0.29, 0.717) is 18.1 Å². The van der Waals surface area contributed by atoms with Gasteiger partial charge in [-0.2, -0.15) is 11.8 Å². The highest BCUT2D eigenvalue weighted by Gasteiger charge is 2.24. The van der Waals surface area contributed by atoms with Crippen LogP contribution >= 0.6 is 11.8 Å². The van der Waals surface area contributed by atoms with E-state index in [0.717, 1.165) is 18.4 Å². The van der Waals surface area contributed by atoms with Gasteiger partial charge in [-0.05, 0) is 38.0 Å². The zero-order valence-corrected chi connectivity index (χ0v) is 12.0. The molecule has 1 saturated heterocycles. The number of thioether (sulfide) groups is 1. The summed E-state index contributed by atoms with van der Waals surface area (Å²) in [5, 5.41) is 4.45. The Balaban J connectivity index is 2.17. The lowest BCUT2D eigenvalue weighted by Crippen LogP contribution is -2.41. The minimum absolute atomic E-state index is 0.462. The van der Waals surface area contributed by atoms with Gasteiger partial charge in [0.05, 0.1) is 6.10 Å². The maximum Gasteiger partial charge on any atom is 0.0612 e. The predicted octanol–water partition coefficient (Wildman–Crippen LogP) is 2.92. The zero-order valence-electron chi connectivity index (χ0n) is 11.2. The molecule has 2 nitrogen and oxygen atoms in total. The third-order valence-corrected chi connectivity index (χ3v) is 4.49. The zero-order chi connectivity index (χ0) is 12.0. The standard InChI is InChI=1S/C13H27NOS/c1-10(2)13-9-12(6-8-15-13)14-7-5-11(3)16-4/h10-14H,5-9H2,1-4H3. The van der Waals surface area contributed by atoms with Gasteiger partial charge in [0.2, 0.25) is 0 Å². The minimum atomic E-state index is 0.462. The molecule has 0 aromatic heterocycles. The first kappa shape index (κ1) is 14.3. The van der Waals surface area contributed by atoms with Gasteiger partial charge >= 0.3 is 0 Å². The van der Waals surface area contributed by atoms with Crippen molar-refractivity contribution in [3.05, 3.63) is 0 Å². The molecule has 0 radical (unpaired) electrons. The molecule has 96 valence electrons. The van der Waals surface area contributed by atoms with Gasteiger partial charge in [-0.15, -0.1) is 0 Å². The second-order valence-electron chi connectivity index (χ2n) is 5.16. The molecule has 0 saturated carbocycles. The number of hydrogen-bond acceptors (Lipinski definition) is 3. The fourth-order valence-corrected chi connectivity index (χ4v) is 2.44. The van der Waals surface area contributed by atoms with Gasteiger partial charge in [0.25, 0.3) is 0 Å². The fraction of sp³-hybridized carbons (Fsp3) is 1.00. The third kappa shape index (κ3) is 5.07. The second kappa shape index (κ2) is 7.57. The molecule has 1 fully saturated rings. The van der Waals surface area contributed by atoms with Crippen LogP contribution in [0.4, 0.5) is 0 Å². The number of nitrogens with one attached hydrogen (secondary N) is 1. The van der Waals surface area contributed by atoms with Crippen LogP contribution in [0, 0.1) is 5.92 Å². The summed E-state index contributed by atoms with van der Waals surface area (Å²) in [6.45, 7) is 8.88. The molecule has 0 amide bonds. The van der Waals surface area contributed by atoms with Crippen LogP contribution < -0.4 is 5.32 Å². The van der Waals surface area contributed by atoms with Gasteiger partial charge in [-0.25, -0.2) is 0 Å². The van der Waals surface area contributed by atoms with Gasteiger partial charge in [-0.3, -0.25) is 0 Å². The molecular weight excluding hydrogens is 218 g/mol. The summed E-state index contributed by atoms with van der Waals surface area (Å²) in [5.74, 6) is 0.648. The van der Waals surface area contributed by atoms with E-state index in [9.17, 15) is 0 Å². The molecule has 3 heteroatoms. The number of rotatable bonds is 6. The van der Waals surface area contributed by atoms with E-state index in [-0.39, 0.29) is 0 Å². The molecule has 1 aliphatic heterocycles. The van der Waals surface area contributed by atoms with Crippen molar-refractivity contribution in [3.63, 3.8) is 0 Å². The highest BCUT2D eigenvalue weighted by atomic mass is 32.2. The number of hydrogen-bond donors (Lipinski definition) is 1. The van der Waals surface area contributed by atoms with E-state index >= 15 is 0 Å². The molecule has 1 aliphatic rings. The van der Waals surface area contributed by atoms with Crippen molar-refractivity contribution < 1.29 is 4.74 Å². The average molecular weight is 245 g/mol. The maximum absolute atomic E-state index is 5.77. The Morgan fingerprint density at radius 2 is 2.12 bits per heavy atom. The van der Waals surface area contributed by atoms with Crippen LogP contribution in [0.5, 0.6) is 0 Å². The molecule has 0 spiro atoms. The van der Waals surface area contributed by atoms with Crippen LogP contribution in [0.25, 0.3) is 0 Å². The second-order valence-corrected chi connectivity index (χ2v) is 6.44. The van der Waals surface area contributed by atoms with Gasteiger partial charge < -0.3 is 10.1 Å². The van der Waals surface area contributed by atoms with Gasteiger partial charge in [-0.1, -0.05) is 20.8 Å². The van der Waals surface area contributed by atoms with Crippen molar-refractivity contribution in [3.8, 4) is 0 Å². The van der Waals surface area contributed by atoms with Crippen molar-refractivity contribution >= 4 is 11.8 Å². The van der Waals surface area contributed by atoms with Crippen LogP contribution in [0.15, 0.2) is 0 Å². The fourth-order valence-electron chi connectivity index (χ4n) is 2.09. The SMILES string of the molecule is CSC(C)CCNC1CCOC(C(C)C)C1. The molecule has 0 aromatic carbocycles. The van der Waals surface area contributed by atoms with Crippen LogP contribution in [-0.4, -0.2) is 36.8 Å². The summed E-state index contributed by atoms with van der Waals surface area (Å²) in [5.41, 5.74) is 0. The van der Waals surface area contributed by atoms with E-state index in [4.69, 9.17) is 4.74 Å². The molecule has 0 bridgehead atoms. The summed E-state index contributed by atoms with van der Waals surface area (Å²) in [4.78, 5) is 0. The molecule has 0 aliphatic carbocycles. The van der Waals surface area contributed by atoms with Crippen LogP contribution in [0.3, 0.4) is 0 Å². The largest absolute Gasteiger partial charge is 0.378 e. The van der Waals surface area contributed by atoms with Crippen molar-refractivity contribution in [2.45, 2.75) is 57.4 Å². The lowest BCUT2D eigenvalue weighted by atomic mass is 9.95. The Labute approximate surface area is 105 Å². The first-order chi connectivity index (χ1) is 7.63. The Morgan fingerprint density at radius 3 is 2.75 bits per heavy atom. The summed E-state index contributed by atoms with van der Waals surface area (Å²) in [6, 6.07) is 0.676. The molecule has 1 rings (SSSR count). The van der Waals surface area contributed by atoms with E-state index in [1.54, 1.807) is 0 Å². The summed E-state index contributed by atoms with van der Waals surface area (Å²) in [7, 11) is 0. The van der Waals surface area contributed by atoms with Gasteiger partial charge in [0.1, 0.15) is 0 Å². The molecule has 3 unspecified atom stereocenters. The monoisotopic (exact) mass is 245 g/mol. The van der Waals surface area contributed by atoms with Crippen LogP contribution in [0.2, 0.25) is 0 Å². The molecule has 3 atom stereocenters. The van der Waals surface area contributed by atoms with Crippen molar-refractivity contribution in [2.24, 2.45) is 5.92 Å². The Morgan fingerprint density at radius 1 is 1.38 bits per heavy atom. The molecular formula is C13H27NOS. The lowest BCUT2D eigenvalue weighted by Gasteiger charge is -2.32. The van der Waals surface area contributed by atoms with Gasteiger partial charge in [0.15, 0.2) is 0 Å². The summed E-state index contributed by atoms with van der Waals surface area (Å²) >= 11 is 1.95. The first-order valence-electron chi connectivity index (χ1n) is 6.51. The first-order valence-corrected chi connectivity index (χ1v) is 7.80. The lowest BCUT2D eigenvalue weighted by molar-refractivity contribution is -0.0242. The molecule has 1 N–H and O–H groups in total. The average Bonchev–Trinajstić information content (AvgIpc) is 2.29. The maximum atomic E-state index is 5.77. The minimum Gasteiger partial charge on any atom is -0.378 e. The Kier molecular flexibility index (Phi) is 6.78. The van der Waals surface area contributed by atoms with E-state index in [1.807, 2.05) is 11.8 Å². The van der Waals surface area contributed by atoms with E-state index in [2.05, 4.69) is 32.3 Å².